The summed E-state index contributed by atoms with van der Waals surface area (Å²) in [7, 11) is 1.64. The van der Waals surface area contributed by atoms with E-state index < -0.39 is 0 Å². The van der Waals surface area contributed by atoms with Crippen LogP contribution in [0.3, 0.4) is 0 Å². The maximum absolute atomic E-state index is 6.03. The van der Waals surface area contributed by atoms with Crippen LogP contribution in [0, 0.1) is 0 Å². The Morgan fingerprint density at radius 1 is 1.05 bits per heavy atom. The lowest BCUT2D eigenvalue weighted by Gasteiger charge is -2.20. The van der Waals surface area contributed by atoms with Crippen LogP contribution in [0.1, 0.15) is 0 Å². The summed E-state index contributed by atoms with van der Waals surface area (Å²) in [6.07, 6.45) is 0. The molecule has 1 aliphatic rings. The predicted octanol–water partition coefficient (Wildman–Crippen LogP) is 2.79. The van der Waals surface area contributed by atoms with Gasteiger partial charge in [-0.25, -0.2) is 0 Å². The Hall–Kier alpha value is -2.56. The van der Waals surface area contributed by atoms with Gasteiger partial charge in [0.05, 0.1) is 18.5 Å². The van der Waals surface area contributed by atoms with Crippen LogP contribution in [-0.2, 0) is 0 Å². The normalized spacial score (nSPS) is 12.8. The second kappa shape index (κ2) is 5.21. The molecule has 5 nitrogen and oxygen atoms in total. The number of nitrogen functional groups attached to an aromatic ring is 1. The molecule has 0 aromatic heterocycles. The number of ether oxygens (including phenoxy) is 3. The molecule has 0 unspecified atom stereocenters. The molecule has 0 saturated heterocycles. The van der Waals surface area contributed by atoms with Crippen LogP contribution in [0.4, 0.5) is 17.1 Å². The number of nitrogens with one attached hydrogen (secondary N) is 1. The summed E-state index contributed by atoms with van der Waals surface area (Å²) >= 11 is 0. The molecule has 0 amide bonds. The van der Waals surface area contributed by atoms with E-state index in [0.29, 0.717) is 30.4 Å². The molecule has 0 atom stereocenters. The molecular formula is C15H16N2O3. The van der Waals surface area contributed by atoms with Crippen LogP contribution < -0.4 is 25.3 Å². The monoisotopic (exact) mass is 272 g/mol. The summed E-state index contributed by atoms with van der Waals surface area (Å²) in [5.74, 6) is 2.21. The van der Waals surface area contributed by atoms with Gasteiger partial charge in [-0.05, 0) is 24.3 Å². The summed E-state index contributed by atoms with van der Waals surface area (Å²) in [6, 6.07) is 11.3. The van der Waals surface area contributed by atoms with Gasteiger partial charge in [0.25, 0.3) is 0 Å². The summed E-state index contributed by atoms with van der Waals surface area (Å²) < 4.78 is 16.2. The first kappa shape index (κ1) is 12.5. The molecule has 0 radical (unpaired) electrons. The minimum absolute atomic E-state index is 0.553. The van der Waals surface area contributed by atoms with E-state index in [1.54, 1.807) is 13.2 Å². The highest BCUT2D eigenvalue weighted by Gasteiger charge is 2.14. The number of fused-ring (bicyclic) bond motifs is 1. The van der Waals surface area contributed by atoms with E-state index in [0.717, 1.165) is 17.1 Å². The number of hydrogen-bond acceptors (Lipinski definition) is 5. The molecule has 3 N–H and O–H groups in total. The van der Waals surface area contributed by atoms with Crippen LogP contribution in [0.5, 0.6) is 17.2 Å². The van der Waals surface area contributed by atoms with Crippen molar-refractivity contribution in [1.82, 2.24) is 0 Å². The van der Waals surface area contributed by atoms with E-state index in [1.807, 2.05) is 30.3 Å². The SMILES string of the molecule is COc1ccc(Nc2cc3c(cc2N)OCCO3)cc1. The van der Waals surface area contributed by atoms with Crippen molar-refractivity contribution in [2.45, 2.75) is 0 Å². The summed E-state index contributed by atoms with van der Waals surface area (Å²) in [5.41, 5.74) is 8.36. The highest BCUT2D eigenvalue weighted by atomic mass is 16.6. The molecule has 0 bridgehead atoms. The molecule has 3 rings (SSSR count). The zero-order valence-electron chi connectivity index (χ0n) is 11.2. The van der Waals surface area contributed by atoms with Gasteiger partial charge in [0, 0.05) is 17.8 Å². The molecule has 2 aromatic carbocycles. The average Bonchev–Trinajstić information content (AvgIpc) is 2.49. The second-order valence-electron chi connectivity index (χ2n) is 4.44. The molecule has 1 heterocycles. The zero-order chi connectivity index (χ0) is 13.9. The van der Waals surface area contributed by atoms with Gasteiger partial charge in [-0.1, -0.05) is 0 Å². The van der Waals surface area contributed by atoms with Gasteiger partial charge in [0.2, 0.25) is 0 Å². The van der Waals surface area contributed by atoms with Crippen LogP contribution in [0.25, 0.3) is 0 Å². The smallest absolute Gasteiger partial charge is 0.163 e. The summed E-state index contributed by atoms with van der Waals surface area (Å²) in [6.45, 7) is 1.11. The Morgan fingerprint density at radius 3 is 2.35 bits per heavy atom. The molecule has 0 aliphatic carbocycles. The third-order valence-electron chi connectivity index (χ3n) is 3.08. The van der Waals surface area contributed by atoms with Crippen molar-refractivity contribution < 1.29 is 14.2 Å². The van der Waals surface area contributed by atoms with E-state index in [-0.39, 0.29) is 0 Å². The van der Waals surface area contributed by atoms with Crippen LogP contribution in [0.2, 0.25) is 0 Å². The Kier molecular flexibility index (Phi) is 3.25. The van der Waals surface area contributed by atoms with Gasteiger partial charge in [-0.15, -0.1) is 0 Å². The number of rotatable bonds is 3. The minimum atomic E-state index is 0.553. The van der Waals surface area contributed by atoms with Crippen molar-refractivity contribution in [2.24, 2.45) is 0 Å². The standard InChI is InChI=1S/C15H16N2O3/c1-18-11-4-2-10(3-5-11)17-13-9-15-14(8-12(13)16)19-6-7-20-15/h2-5,8-9,17H,6-7,16H2,1H3. The van der Waals surface area contributed by atoms with Crippen LogP contribution >= 0.6 is 0 Å². The van der Waals surface area contributed by atoms with E-state index >= 15 is 0 Å². The van der Waals surface area contributed by atoms with Gasteiger partial charge in [0.1, 0.15) is 19.0 Å². The molecule has 0 fully saturated rings. The number of anilines is 3. The van der Waals surface area contributed by atoms with E-state index in [1.165, 1.54) is 0 Å². The molecule has 5 heteroatoms. The van der Waals surface area contributed by atoms with Gasteiger partial charge >= 0.3 is 0 Å². The van der Waals surface area contributed by atoms with Crippen molar-refractivity contribution in [2.75, 3.05) is 31.4 Å². The highest BCUT2D eigenvalue weighted by Crippen LogP contribution is 2.38. The molecule has 0 spiro atoms. The van der Waals surface area contributed by atoms with Crippen molar-refractivity contribution in [3.63, 3.8) is 0 Å². The van der Waals surface area contributed by atoms with Crippen LogP contribution in [-0.4, -0.2) is 20.3 Å². The maximum Gasteiger partial charge on any atom is 0.163 e. The molecule has 2 aromatic rings. The van der Waals surface area contributed by atoms with Crippen molar-refractivity contribution >= 4 is 17.1 Å². The summed E-state index contributed by atoms with van der Waals surface area (Å²) in [5, 5.41) is 3.26. The lowest BCUT2D eigenvalue weighted by molar-refractivity contribution is 0.172. The largest absolute Gasteiger partial charge is 0.497 e. The van der Waals surface area contributed by atoms with Crippen molar-refractivity contribution in [3.8, 4) is 17.2 Å². The summed E-state index contributed by atoms with van der Waals surface area (Å²) in [4.78, 5) is 0. The fourth-order valence-electron chi connectivity index (χ4n) is 2.04. The number of methoxy groups -OCH3 is 1. The van der Waals surface area contributed by atoms with E-state index in [9.17, 15) is 0 Å². The number of hydrogen-bond donors (Lipinski definition) is 2. The lowest BCUT2D eigenvalue weighted by atomic mass is 10.2. The Balaban J connectivity index is 1.86. The minimum Gasteiger partial charge on any atom is -0.497 e. The first-order valence-electron chi connectivity index (χ1n) is 6.36. The number of benzene rings is 2. The molecule has 104 valence electrons. The van der Waals surface area contributed by atoms with Crippen LogP contribution in [0.15, 0.2) is 36.4 Å². The van der Waals surface area contributed by atoms with E-state index in [4.69, 9.17) is 19.9 Å². The fraction of sp³-hybridized carbons (Fsp3) is 0.200. The Bertz CT molecular complexity index is 611. The van der Waals surface area contributed by atoms with Gasteiger partial charge < -0.3 is 25.3 Å². The first-order chi connectivity index (χ1) is 9.76. The number of nitrogens with two attached hydrogens (primary N) is 1. The Labute approximate surface area is 117 Å². The fourth-order valence-corrected chi connectivity index (χ4v) is 2.04. The molecule has 1 aliphatic heterocycles. The zero-order valence-corrected chi connectivity index (χ0v) is 11.2. The second-order valence-corrected chi connectivity index (χ2v) is 4.44. The van der Waals surface area contributed by atoms with Gasteiger partial charge in [-0.3, -0.25) is 0 Å². The van der Waals surface area contributed by atoms with Gasteiger partial charge in [-0.2, -0.15) is 0 Å². The lowest BCUT2D eigenvalue weighted by Crippen LogP contribution is -2.15. The maximum atomic E-state index is 6.03. The first-order valence-corrected chi connectivity index (χ1v) is 6.36. The van der Waals surface area contributed by atoms with Crippen molar-refractivity contribution in [1.29, 1.82) is 0 Å². The predicted molar refractivity (Wildman–Crippen MR) is 78.1 cm³/mol. The van der Waals surface area contributed by atoms with Gasteiger partial charge in [0.15, 0.2) is 11.5 Å². The highest BCUT2D eigenvalue weighted by molar-refractivity contribution is 5.76. The molecular weight excluding hydrogens is 256 g/mol. The van der Waals surface area contributed by atoms with E-state index in [2.05, 4.69) is 5.32 Å². The topological polar surface area (TPSA) is 65.7 Å². The third-order valence-corrected chi connectivity index (χ3v) is 3.08. The average molecular weight is 272 g/mol. The molecule has 20 heavy (non-hydrogen) atoms. The Morgan fingerprint density at radius 2 is 1.70 bits per heavy atom. The molecule has 0 saturated carbocycles. The van der Waals surface area contributed by atoms with Crippen molar-refractivity contribution in [3.05, 3.63) is 36.4 Å². The third kappa shape index (κ3) is 2.42. The quantitative estimate of drug-likeness (QED) is 0.841.